The summed E-state index contributed by atoms with van der Waals surface area (Å²) in [4.78, 5) is 8.02. The van der Waals surface area contributed by atoms with Crippen LogP contribution in [0.5, 0.6) is 5.75 Å². The van der Waals surface area contributed by atoms with E-state index in [2.05, 4.69) is 15.1 Å². The van der Waals surface area contributed by atoms with Crippen LogP contribution in [0.4, 0.5) is 0 Å². The third kappa shape index (κ3) is 2.12. The van der Waals surface area contributed by atoms with Crippen molar-refractivity contribution >= 4 is 0 Å². The maximum atomic E-state index is 9.23. The van der Waals surface area contributed by atoms with Gasteiger partial charge in [0.2, 0.25) is 0 Å². The second kappa shape index (κ2) is 4.08. The summed E-state index contributed by atoms with van der Waals surface area (Å²) in [5.41, 5.74) is 0.629. The fourth-order valence-corrected chi connectivity index (χ4v) is 1.24. The molecule has 0 radical (unpaired) electrons. The van der Waals surface area contributed by atoms with E-state index in [0.29, 0.717) is 17.3 Å². The molecule has 2 aromatic rings. The predicted octanol–water partition coefficient (Wildman–Crippen LogP) is 1.79. The maximum Gasteiger partial charge on any atom is 0.259 e. The highest BCUT2D eigenvalue weighted by Crippen LogP contribution is 2.19. The molecule has 0 saturated carbocycles. The number of pyridine rings is 1. The van der Waals surface area contributed by atoms with E-state index >= 15 is 0 Å². The molecule has 5 heteroatoms. The van der Waals surface area contributed by atoms with Crippen molar-refractivity contribution in [3.8, 4) is 17.2 Å². The van der Waals surface area contributed by atoms with E-state index in [0.717, 1.165) is 12.8 Å². The highest BCUT2D eigenvalue weighted by Gasteiger charge is 2.08. The first-order valence-corrected chi connectivity index (χ1v) is 4.76. The van der Waals surface area contributed by atoms with E-state index in [9.17, 15) is 5.11 Å². The van der Waals surface area contributed by atoms with Crippen LogP contribution in [0.2, 0.25) is 0 Å². The lowest BCUT2D eigenvalue weighted by atomic mass is 10.3. The van der Waals surface area contributed by atoms with E-state index in [4.69, 9.17) is 4.52 Å². The first-order chi connectivity index (χ1) is 7.29. The fourth-order valence-electron chi connectivity index (χ4n) is 1.24. The summed E-state index contributed by atoms with van der Waals surface area (Å²) in [5.74, 6) is 1.15. The number of aromatic hydroxyl groups is 1. The maximum absolute atomic E-state index is 9.23. The van der Waals surface area contributed by atoms with Crippen molar-refractivity contribution in [2.24, 2.45) is 0 Å². The number of nitrogens with zero attached hydrogens (tertiary/aromatic N) is 3. The third-order valence-corrected chi connectivity index (χ3v) is 1.91. The number of rotatable bonds is 3. The fraction of sp³-hybridized carbons (Fsp3) is 0.300. The summed E-state index contributed by atoms with van der Waals surface area (Å²) in [5, 5.41) is 13.0. The Labute approximate surface area is 86.8 Å². The van der Waals surface area contributed by atoms with Crippen molar-refractivity contribution in [2.75, 3.05) is 0 Å². The Bertz CT molecular complexity index is 453. The Morgan fingerprint density at radius 2 is 2.27 bits per heavy atom. The lowest BCUT2D eigenvalue weighted by Gasteiger charge is -1.93. The lowest BCUT2D eigenvalue weighted by Crippen LogP contribution is -1.85. The Kier molecular flexibility index (Phi) is 2.62. The van der Waals surface area contributed by atoms with Crippen LogP contribution >= 0.6 is 0 Å². The van der Waals surface area contributed by atoms with E-state index in [1.807, 2.05) is 6.92 Å². The summed E-state index contributed by atoms with van der Waals surface area (Å²) >= 11 is 0. The zero-order valence-electron chi connectivity index (χ0n) is 8.34. The largest absolute Gasteiger partial charge is 0.506 e. The SMILES string of the molecule is CCCc1noc(-c2cncc(O)c2)n1. The molecule has 15 heavy (non-hydrogen) atoms. The van der Waals surface area contributed by atoms with Gasteiger partial charge in [-0.2, -0.15) is 4.98 Å². The Morgan fingerprint density at radius 3 is 3.00 bits per heavy atom. The average molecular weight is 205 g/mol. The number of hydrogen-bond donors (Lipinski definition) is 1. The van der Waals surface area contributed by atoms with Gasteiger partial charge >= 0.3 is 0 Å². The highest BCUT2D eigenvalue weighted by molar-refractivity contribution is 5.53. The summed E-state index contributed by atoms with van der Waals surface area (Å²) in [6.45, 7) is 2.05. The molecule has 0 aromatic carbocycles. The number of aryl methyl sites for hydroxylation is 1. The van der Waals surface area contributed by atoms with Gasteiger partial charge in [0.1, 0.15) is 5.75 Å². The molecule has 0 aliphatic heterocycles. The molecule has 0 unspecified atom stereocenters. The zero-order valence-corrected chi connectivity index (χ0v) is 8.34. The van der Waals surface area contributed by atoms with Crippen molar-refractivity contribution < 1.29 is 9.63 Å². The molecule has 0 aliphatic rings. The summed E-state index contributed by atoms with van der Waals surface area (Å²) in [7, 11) is 0. The molecule has 2 rings (SSSR count). The van der Waals surface area contributed by atoms with E-state index in [1.54, 1.807) is 6.20 Å². The first kappa shape index (κ1) is 9.64. The molecule has 0 bridgehead atoms. The second-order valence-electron chi connectivity index (χ2n) is 3.20. The van der Waals surface area contributed by atoms with Crippen LogP contribution in [0.15, 0.2) is 23.0 Å². The molecular formula is C10H11N3O2. The van der Waals surface area contributed by atoms with Crippen LogP contribution in [-0.4, -0.2) is 20.2 Å². The van der Waals surface area contributed by atoms with Crippen molar-refractivity contribution in [1.82, 2.24) is 15.1 Å². The van der Waals surface area contributed by atoms with Gasteiger partial charge < -0.3 is 9.63 Å². The minimum absolute atomic E-state index is 0.0859. The minimum atomic E-state index is 0.0859. The minimum Gasteiger partial charge on any atom is -0.506 e. The highest BCUT2D eigenvalue weighted by atomic mass is 16.5. The van der Waals surface area contributed by atoms with E-state index in [1.165, 1.54) is 12.3 Å². The number of aromatic nitrogens is 3. The molecule has 0 fully saturated rings. The molecule has 0 atom stereocenters. The van der Waals surface area contributed by atoms with Crippen molar-refractivity contribution in [3.05, 3.63) is 24.3 Å². The predicted molar refractivity (Wildman–Crippen MR) is 53.2 cm³/mol. The standard InChI is InChI=1S/C10H11N3O2/c1-2-3-9-12-10(15-13-9)7-4-8(14)6-11-5-7/h4-6,14H,2-3H2,1H3. The Balaban J connectivity index is 2.29. The van der Waals surface area contributed by atoms with Gasteiger partial charge in [-0.1, -0.05) is 12.1 Å². The number of hydrogen-bond acceptors (Lipinski definition) is 5. The quantitative estimate of drug-likeness (QED) is 0.826. The smallest absolute Gasteiger partial charge is 0.259 e. The Hall–Kier alpha value is -1.91. The van der Waals surface area contributed by atoms with Gasteiger partial charge in [-0.05, 0) is 12.5 Å². The lowest BCUT2D eigenvalue weighted by molar-refractivity contribution is 0.421. The summed E-state index contributed by atoms with van der Waals surface area (Å²) in [6.07, 6.45) is 4.68. The molecule has 0 spiro atoms. The summed E-state index contributed by atoms with van der Waals surface area (Å²) in [6, 6.07) is 1.54. The van der Waals surface area contributed by atoms with Gasteiger partial charge in [0.05, 0.1) is 11.8 Å². The van der Waals surface area contributed by atoms with E-state index in [-0.39, 0.29) is 5.75 Å². The van der Waals surface area contributed by atoms with Gasteiger partial charge in [-0.25, -0.2) is 0 Å². The van der Waals surface area contributed by atoms with Gasteiger partial charge in [-0.15, -0.1) is 0 Å². The zero-order chi connectivity index (χ0) is 10.7. The first-order valence-electron chi connectivity index (χ1n) is 4.76. The van der Waals surface area contributed by atoms with Gasteiger partial charge in [-0.3, -0.25) is 4.98 Å². The van der Waals surface area contributed by atoms with Crippen LogP contribution in [-0.2, 0) is 6.42 Å². The molecule has 2 aromatic heterocycles. The molecular weight excluding hydrogens is 194 g/mol. The van der Waals surface area contributed by atoms with Crippen molar-refractivity contribution in [1.29, 1.82) is 0 Å². The van der Waals surface area contributed by atoms with Crippen LogP contribution in [0.25, 0.3) is 11.5 Å². The van der Waals surface area contributed by atoms with Crippen LogP contribution in [0.1, 0.15) is 19.2 Å². The molecule has 0 amide bonds. The average Bonchev–Trinajstić information content (AvgIpc) is 2.67. The molecule has 0 aliphatic carbocycles. The van der Waals surface area contributed by atoms with Gasteiger partial charge in [0, 0.05) is 12.6 Å². The monoisotopic (exact) mass is 205 g/mol. The van der Waals surface area contributed by atoms with Gasteiger partial charge in [0.15, 0.2) is 5.82 Å². The van der Waals surface area contributed by atoms with Crippen molar-refractivity contribution in [3.63, 3.8) is 0 Å². The Morgan fingerprint density at radius 1 is 1.40 bits per heavy atom. The molecule has 1 N–H and O–H groups in total. The summed E-state index contributed by atoms with van der Waals surface area (Å²) < 4.78 is 5.05. The molecule has 78 valence electrons. The molecule has 5 nitrogen and oxygen atoms in total. The van der Waals surface area contributed by atoms with Crippen LogP contribution < -0.4 is 0 Å². The second-order valence-corrected chi connectivity index (χ2v) is 3.20. The topological polar surface area (TPSA) is 72.0 Å². The van der Waals surface area contributed by atoms with Crippen LogP contribution in [0, 0.1) is 0 Å². The molecule has 2 heterocycles. The third-order valence-electron chi connectivity index (χ3n) is 1.91. The van der Waals surface area contributed by atoms with Gasteiger partial charge in [0.25, 0.3) is 5.89 Å². The van der Waals surface area contributed by atoms with Crippen LogP contribution in [0.3, 0.4) is 0 Å². The molecule has 0 saturated heterocycles. The van der Waals surface area contributed by atoms with E-state index < -0.39 is 0 Å². The van der Waals surface area contributed by atoms with Crippen molar-refractivity contribution in [2.45, 2.75) is 19.8 Å². The normalized spacial score (nSPS) is 10.5.